The first-order chi connectivity index (χ1) is 13.5. The number of esters is 3. The molecule has 0 spiro atoms. The van der Waals surface area contributed by atoms with Crippen LogP contribution in [0.15, 0.2) is 22.2 Å². The van der Waals surface area contributed by atoms with Crippen LogP contribution in [-0.2, 0) is 28.6 Å². The Morgan fingerprint density at radius 3 is 2.28 bits per heavy atom. The topological polar surface area (TPSA) is 97.4 Å². The van der Waals surface area contributed by atoms with Crippen LogP contribution in [0.4, 0.5) is 0 Å². The van der Waals surface area contributed by atoms with Gasteiger partial charge in [-0.05, 0) is 44.5 Å². The number of halogens is 1. The van der Waals surface area contributed by atoms with E-state index in [4.69, 9.17) is 23.7 Å². The van der Waals surface area contributed by atoms with E-state index in [-0.39, 0.29) is 18.3 Å². The van der Waals surface area contributed by atoms with Gasteiger partial charge in [-0.2, -0.15) is 0 Å². The Labute approximate surface area is 177 Å². The van der Waals surface area contributed by atoms with E-state index in [1.165, 1.54) is 19.9 Å². The lowest BCUT2D eigenvalue weighted by molar-refractivity contribution is -0.222. The van der Waals surface area contributed by atoms with Gasteiger partial charge in [0.25, 0.3) is 5.79 Å². The average molecular weight is 471 g/mol. The molecule has 1 aromatic rings. The molecule has 158 valence electrons. The van der Waals surface area contributed by atoms with Crippen LogP contribution in [-0.4, -0.2) is 43.0 Å². The molecular formula is C20H23BrO8. The molecule has 0 aromatic heterocycles. The third-order valence-electron chi connectivity index (χ3n) is 3.49. The Balaban J connectivity index is 2.30. The molecule has 1 fully saturated rings. The highest BCUT2D eigenvalue weighted by atomic mass is 79.9. The molecule has 8 nitrogen and oxygen atoms in total. The lowest BCUT2D eigenvalue weighted by Gasteiger charge is -2.29. The monoisotopic (exact) mass is 470 g/mol. The summed E-state index contributed by atoms with van der Waals surface area (Å²) in [5.41, 5.74) is 0.218. The van der Waals surface area contributed by atoms with Gasteiger partial charge in [-0.15, -0.1) is 0 Å². The van der Waals surface area contributed by atoms with Gasteiger partial charge in [-0.1, -0.05) is 15.9 Å². The molecule has 0 aliphatic carbocycles. The van der Waals surface area contributed by atoms with Crippen molar-refractivity contribution in [2.45, 2.75) is 46.5 Å². The molecule has 0 atom stereocenters. The summed E-state index contributed by atoms with van der Waals surface area (Å²) in [5.74, 6) is -2.77. The summed E-state index contributed by atoms with van der Waals surface area (Å²) in [6.45, 7) is 8.25. The van der Waals surface area contributed by atoms with Gasteiger partial charge in [0.2, 0.25) is 0 Å². The van der Waals surface area contributed by atoms with Crippen molar-refractivity contribution in [3.63, 3.8) is 0 Å². The molecule has 1 saturated heterocycles. The van der Waals surface area contributed by atoms with Gasteiger partial charge >= 0.3 is 17.9 Å². The molecule has 0 N–H and O–H groups in total. The van der Waals surface area contributed by atoms with E-state index in [1.807, 2.05) is 0 Å². The number of hydrogen-bond acceptors (Lipinski definition) is 8. The molecule has 0 amide bonds. The summed E-state index contributed by atoms with van der Waals surface area (Å²) in [6.07, 6.45) is 1.08. The van der Waals surface area contributed by atoms with Crippen LogP contribution in [0.25, 0.3) is 6.08 Å². The average Bonchev–Trinajstić information content (AvgIpc) is 2.57. The summed E-state index contributed by atoms with van der Waals surface area (Å²) in [4.78, 5) is 36.1. The van der Waals surface area contributed by atoms with Crippen LogP contribution in [0.1, 0.15) is 40.2 Å². The maximum absolute atomic E-state index is 12.2. The minimum Gasteiger partial charge on any atom is -0.490 e. The van der Waals surface area contributed by atoms with Gasteiger partial charge < -0.3 is 23.7 Å². The van der Waals surface area contributed by atoms with Crippen LogP contribution in [0.2, 0.25) is 0 Å². The minimum absolute atomic E-state index is 0.248. The molecule has 1 aliphatic rings. The summed E-state index contributed by atoms with van der Waals surface area (Å²) in [7, 11) is 0. The van der Waals surface area contributed by atoms with E-state index < -0.39 is 23.7 Å². The van der Waals surface area contributed by atoms with E-state index in [1.54, 1.807) is 32.9 Å². The first-order valence-corrected chi connectivity index (χ1v) is 9.78. The Morgan fingerprint density at radius 1 is 1.14 bits per heavy atom. The van der Waals surface area contributed by atoms with E-state index in [0.717, 1.165) is 0 Å². The zero-order valence-electron chi connectivity index (χ0n) is 16.9. The highest BCUT2D eigenvalue weighted by Crippen LogP contribution is 2.36. The van der Waals surface area contributed by atoms with Crippen molar-refractivity contribution in [3.8, 4) is 11.5 Å². The number of carbonyl (C=O) groups excluding carboxylic acids is 3. The fourth-order valence-electron chi connectivity index (χ4n) is 2.41. The predicted octanol–water partition coefficient (Wildman–Crippen LogP) is 3.40. The van der Waals surface area contributed by atoms with Gasteiger partial charge in [0.15, 0.2) is 18.1 Å². The summed E-state index contributed by atoms with van der Waals surface area (Å²) in [6, 6.07) is 3.15. The van der Waals surface area contributed by atoms with Gasteiger partial charge in [-0.3, -0.25) is 0 Å². The number of hydrogen-bond donors (Lipinski definition) is 0. The van der Waals surface area contributed by atoms with Crippen LogP contribution >= 0.6 is 15.9 Å². The Hall–Kier alpha value is -2.55. The smallest absolute Gasteiger partial charge is 0.348 e. The van der Waals surface area contributed by atoms with Gasteiger partial charge in [0, 0.05) is 18.3 Å². The third-order valence-corrected chi connectivity index (χ3v) is 4.18. The molecule has 0 unspecified atom stereocenters. The molecular weight excluding hydrogens is 448 g/mol. The number of benzene rings is 1. The predicted molar refractivity (Wildman–Crippen MR) is 106 cm³/mol. The van der Waals surface area contributed by atoms with Crippen molar-refractivity contribution in [1.82, 2.24) is 0 Å². The van der Waals surface area contributed by atoms with Crippen molar-refractivity contribution >= 4 is 39.9 Å². The van der Waals surface area contributed by atoms with Crippen molar-refractivity contribution < 1.29 is 38.1 Å². The van der Waals surface area contributed by atoms with Crippen molar-refractivity contribution in [3.05, 3.63) is 27.7 Å². The molecule has 9 heteroatoms. The van der Waals surface area contributed by atoms with Crippen LogP contribution in [0.5, 0.6) is 11.5 Å². The largest absolute Gasteiger partial charge is 0.490 e. The highest BCUT2D eigenvalue weighted by Gasteiger charge is 2.39. The molecule has 29 heavy (non-hydrogen) atoms. The van der Waals surface area contributed by atoms with Crippen molar-refractivity contribution in [2.24, 2.45) is 0 Å². The summed E-state index contributed by atoms with van der Waals surface area (Å²) in [5, 5.41) is 0. The summed E-state index contributed by atoms with van der Waals surface area (Å²) >= 11 is 3.37. The van der Waals surface area contributed by atoms with Gasteiger partial charge in [0.05, 0.1) is 12.7 Å². The lowest BCUT2D eigenvalue weighted by Crippen LogP contribution is -2.41. The third kappa shape index (κ3) is 6.22. The van der Waals surface area contributed by atoms with Crippen LogP contribution in [0, 0.1) is 0 Å². The number of rotatable bonds is 7. The second-order valence-electron chi connectivity index (χ2n) is 6.82. The molecule has 1 heterocycles. The minimum atomic E-state index is -1.32. The number of ether oxygens (including phenoxy) is 5. The first-order valence-electron chi connectivity index (χ1n) is 8.99. The van der Waals surface area contributed by atoms with Crippen molar-refractivity contribution in [2.75, 3.05) is 13.2 Å². The fourth-order valence-corrected chi connectivity index (χ4v) is 2.85. The quantitative estimate of drug-likeness (QED) is 0.339. The van der Waals surface area contributed by atoms with Gasteiger partial charge in [0.1, 0.15) is 5.57 Å². The summed E-state index contributed by atoms with van der Waals surface area (Å²) < 4.78 is 26.8. The number of carbonyl (C=O) groups is 3. The molecule has 2 rings (SSSR count). The zero-order valence-corrected chi connectivity index (χ0v) is 18.5. The van der Waals surface area contributed by atoms with Crippen LogP contribution in [0.3, 0.4) is 0 Å². The second-order valence-corrected chi connectivity index (χ2v) is 7.67. The fraction of sp³-hybridized carbons (Fsp3) is 0.450. The van der Waals surface area contributed by atoms with E-state index in [0.29, 0.717) is 28.1 Å². The lowest BCUT2D eigenvalue weighted by atomic mass is 10.1. The second kappa shape index (κ2) is 9.30. The van der Waals surface area contributed by atoms with Crippen LogP contribution < -0.4 is 9.47 Å². The first kappa shape index (κ1) is 22.7. The Morgan fingerprint density at radius 2 is 1.72 bits per heavy atom. The maximum Gasteiger partial charge on any atom is 0.348 e. The Kier molecular flexibility index (Phi) is 7.29. The van der Waals surface area contributed by atoms with E-state index >= 15 is 0 Å². The molecule has 0 bridgehead atoms. The van der Waals surface area contributed by atoms with E-state index in [9.17, 15) is 14.4 Å². The normalized spacial score (nSPS) is 15.5. The van der Waals surface area contributed by atoms with Crippen molar-refractivity contribution in [1.29, 1.82) is 0 Å². The zero-order chi connectivity index (χ0) is 21.8. The SMILES string of the molecule is CCOc1cc(C=C2C(=O)OC(C)(C)OC2=O)c(Br)cc1OCC(=O)OC(C)C. The molecule has 0 radical (unpaired) electrons. The highest BCUT2D eigenvalue weighted by molar-refractivity contribution is 9.10. The van der Waals surface area contributed by atoms with Gasteiger partial charge in [-0.25, -0.2) is 14.4 Å². The standard InChI is InChI=1S/C20H23BrO8/c1-6-25-15-8-12(7-13-18(23)28-20(4,5)29-19(13)24)14(21)9-16(15)26-10-17(22)27-11(2)3/h7-9,11H,6,10H2,1-5H3. The van der Waals surface area contributed by atoms with E-state index in [2.05, 4.69) is 15.9 Å². The molecule has 0 saturated carbocycles. The molecule has 1 aliphatic heterocycles. The molecule has 1 aromatic carbocycles. The Bertz CT molecular complexity index is 819. The number of cyclic esters (lactones) is 2. The maximum atomic E-state index is 12.2.